The van der Waals surface area contributed by atoms with Gasteiger partial charge in [0, 0.05) is 32.4 Å². The van der Waals surface area contributed by atoms with E-state index in [4.69, 9.17) is 4.74 Å². The molecular weight excluding hydrogens is 280 g/mol. The van der Waals surface area contributed by atoms with Crippen molar-refractivity contribution in [3.05, 3.63) is 18.0 Å². The molecule has 1 aliphatic rings. The Balaban J connectivity index is 1.74. The molecule has 124 valence electrons. The average Bonchev–Trinajstić information content (AvgIpc) is 3.00. The van der Waals surface area contributed by atoms with E-state index in [0.717, 1.165) is 25.1 Å². The van der Waals surface area contributed by atoms with Crippen LogP contribution in [0.25, 0.3) is 0 Å². The fourth-order valence-electron chi connectivity index (χ4n) is 2.87. The van der Waals surface area contributed by atoms with Gasteiger partial charge in [0.15, 0.2) is 0 Å². The smallest absolute Gasteiger partial charge is 0.407 e. The predicted molar refractivity (Wildman–Crippen MR) is 85.4 cm³/mol. The Labute approximate surface area is 132 Å². The normalized spacial score (nSPS) is 21.8. The first-order valence-electron chi connectivity index (χ1n) is 8.02. The number of hydrogen-bond donors (Lipinski definition) is 2. The van der Waals surface area contributed by atoms with Crippen molar-refractivity contribution in [2.45, 2.75) is 58.2 Å². The molecule has 6 nitrogen and oxygen atoms in total. The van der Waals surface area contributed by atoms with Gasteiger partial charge in [-0.05, 0) is 45.6 Å². The minimum Gasteiger partial charge on any atom is -0.444 e. The van der Waals surface area contributed by atoms with Crippen LogP contribution in [0.5, 0.6) is 0 Å². The van der Waals surface area contributed by atoms with Crippen LogP contribution in [0, 0.1) is 5.92 Å². The maximum absolute atomic E-state index is 11.7. The second kappa shape index (κ2) is 7.13. The third kappa shape index (κ3) is 5.33. The molecule has 0 saturated heterocycles. The topological polar surface area (TPSA) is 68.2 Å². The molecular formula is C16H28N4O2. The Bertz CT molecular complexity index is 493. The average molecular weight is 308 g/mol. The first-order valence-corrected chi connectivity index (χ1v) is 8.02. The van der Waals surface area contributed by atoms with Crippen LogP contribution in [0.4, 0.5) is 4.79 Å². The summed E-state index contributed by atoms with van der Waals surface area (Å²) in [6.07, 6.45) is 5.10. The van der Waals surface area contributed by atoms with E-state index in [1.165, 1.54) is 6.42 Å². The lowest BCUT2D eigenvalue weighted by atomic mass is 10.0. The van der Waals surface area contributed by atoms with Gasteiger partial charge in [-0.1, -0.05) is 6.42 Å². The fourth-order valence-corrected chi connectivity index (χ4v) is 2.87. The van der Waals surface area contributed by atoms with Gasteiger partial charge in [-0.3, -0.25) is 4.68 Å². The molecule has 0 radical (unpaired) electrons. The highest BCUT2D eigenvalue weighted by Gasteiger charge is 2.28. The maximum atomic E-state index is 11.7. The predicted octanol–water partition coefficient (Wildman–Crippen LogP) is 2.20. The summed E-state index contributed by atoms with van der Waals surface area (Å²) in [6, 6.07) is 2.45. The van der Waals surface area contributed by atoms with E-state index >= 15 is 0 Å². The van der Waals surface area contributed by atoms with Crippen molar-refractivity contribution >= 4 is 6.09 Å². The van der Waals surface area contributed by atoms with E-state index in [-0.39, 0.29) is 6.09 Å². The summed E-state index contributed by atoms with van der Waals surface area (Å²) in [6.45, 7) is 7.06. The van der Waals surface area contributed by atoms with Crippen molar-refractivity contribution in [2.75, 3.05) is 6.54 Å². The van der Waals surface area contributed by atoms with E-state index in [0.29, 0.717) is 18.5 Å². The molecule has 1 heterocycles. The Hall–Kier alpha value is -1.56. The van der Waals surface area contributed by atoms with Crippen molar-refractivity contribution in [1.29, 1.82) is 0 Å². The van der Waals surface area contributed by atoms with Gasteiger partial charge in [-0.25, -0.2) is 4.79 Å². The zero-order chi connectivity index (χ0) is 16.2. The number of nitrogens with one attached hydrogen (secondary N) is 2. The molecule has 2 N–H and O–H groups in total. The molecule has 1 amide bonds. The molecule has 2 unspecified atom stereocenters. The van der Waals surface area contributed by atoms with Crippen LogP contribution < -0.4 is 10.6 Å². The van der Waals surface area contributed by atoms with Gasteiger partial charge in [-0.15, -0.1) is 0 Å². The van der Waals surface area contributed by atoms with Gasteiger partial charge in [0.25, 0.3) is 0 Å². The largest absolute Gasteiger partial charge is 0.444 e. The minimum absolute atomic E-state index is 0.331. The number of aryl methyl sites for hydroxylation is 1. The number of carbonyl (C=O) groups is 1. The number of amides is 1. The molecule has 6 heteroatoms. The van der Waals surface area contributed by atoms with Crippen molar-refractivity contribution in [3.63, 3.8) is 0 Å². The molecule has 2 rings (SSSR count). The number of aromatic nitrogens is 2. The molecule has 1 aromatic rings. The SMILES string of the molecule is Cn1ccc(CNC2CCCC2CNC(=O)OC(C)(C)C)n1. The van der Waals surface area contributed by atoms with Gasteiger partial charge in [0.1, 0.15) is 5.60 Å². The summed E-state index contributed by atoms with van der Waals surface area (Å²) in [5.41, 5.74) is 0.601. The maximum Gasteiger partial charge on any atom is 0.407 e. The molecule has 1 aliphatic carbocycles. The van der Waals surface area contributed by atoms with E-state index < -0.39 is 5.60 Å². The first-order chi connectivity index (χ1) is 10.3. The third-order valence-electron chi connectivity index (χ3n) is 3.88. The van der Waals surface area contributed by atoms with Crippen LogP contribution in [0.2, 0.25) is 0 Å². The summed E-state index contributed by atoms with van der Waals surface area (Å²) in [5.74, 6) is 0.455. The van der Waals surface area contributed by atoms with Crippen LogP contribution in [-0.2, 0) is 18.3 Å². The molecule has 0 aromatic carbocycles. The van der Waals surface area contributed by atoms with Gasteiger partial charge in [0.05, 0.1) is 5.69 Å². The Morgan fingerprint density at radius 3 is 2.86 bits per heavy atom. The molecule has 0 aliphatic heterocycles. The highest BCUT2D eigenvalue weighted by Crippen LogP contribution is 2.25. The second-order valence-corrected chi connectivity index (χ2v) is 7.04. The third-order valence-corrected chi connectivity index (χ3v) is 3.88. The van der Waals surface area contributed by atoms with Crippen LogP contribution in [0.3, 0.4) is 0 Å². The number of ether oxygens (including phenoxy) is 1. The minimum atomic E-state index is -0.448. The van der Waals surface area contributed by atoms with E-state index in [9.17, 15) is 4.79 Å². The highest BCUT2D eigenvalue weighted by atomic mass is 16.6. The number of carbonyl (C=O) groups excluding carboxylic acids is 1. The Kier molecular flexibility index (Phi) is 5.45. The van der Waals surface area contributed by atoms with Crippen LogP contribution in [-0.4, -0.2) is 34.1 Å². The number of hydrogen-bond acceptors (Lipinski definition) is 4. The Morgan fingerprint density at radius 2 is 2.23 bits per heavy atom. The summed E-state index contributed by atoms with van der Waals surface area (Å²) < 4.78 is 7.09. The summed E-state index contributed by atoms with van der Waals surface area (Å²) in [5, 5.41) is 10.8. The van der Waals surface area contributed by atoms with Crippen LogP contribution in [0.15, 0.2) is 12.3 Å². The highest BCUT2D eigenvalue weighted by molar-refractivity contribution is 5.67. The Morgan fingerprint density at radius 1 is 1.45 bits per heavy atom. The van der Waals surface area contributed by atoms with E-state index in [1.807, 2.05) is 44.8 Å². The van der Waals surface area contributed by atoms with Crippen LogP contribution in [0.1, 0.15) is 45.7 Å². The molecule has 1 saturated carbocycles. The van der Waals surface area contributed by atoms with Crippen molar-refractivity contribution < 1.29 is 9.53 Å². The quantitative estimate of drug-likeness (QED) is 0.875. The van der Waals surface area contributed by atoms with Gasteiger partial charge < -0.3 is 15.4 Å². The second-order valence-electron chi connectivity index (χ2n) is 7.04. The molecule has 22 heavy (non-hydrogen) atoms. The van der Waals surface area contributed by atoms with Gasteiger partial charge in [0.2, 0.25) is 0 Å². The number of nitrogens with zero attached hydrogens (tertiary/aromatic N) is 2. The molecule has 1 aromatic heterocycles. The lowest BCUT2D eigenvalue weighted by Crippen LogP contribution is -2.40. The first kappa shape index (κ1) is 16.8. The zero-order valence-corrected chi connectivity index (χ0v) is 14.1. The van der Waals surface area contributed by atoms with Crippen LogP contribution >= 0.6 is 0 Å². The van der Waals surface area contributed by atoms with Crippen molar-refractivity contribution in [3.8, 4) is 0 Å². The fraction of sp³-hybridized carbons (Fsp3) is 0.750. The van der Waals surface area contributed by atoms with E-state index in [1.54, 1.807) is 0 Å². The molecule has 0 spiro atoms. The monoisotopic (exact) mass is 308 g/mol. The molecule has 0 bridgehead atoms. The van der Waals surface area contributed by atoms with Gasteiger partial charge >= 0.3 is 6.09 Å². The van der Waals surface area contributed by atoms with E-state index in [2.05, 4.69) is 15.7 Å². The number of alkyl carbamates (subject to hydrolysis) is 1. The lowest BCUT2D eigenvalue weighted by molar-refractivity contribution is 0.0517. The van der Waals surface area contributed by atoms with Crippen molar-refractivity contribution in [2.24, 2.45) is 13.0 Å². The molecule has 1 fully saturated rings. The zero-order valence-electron chi connectivity index (χ0n) is 14.1. The van der Waals surface area contributed by atoms with Crippen molar-refractivity contribution in [1.82, 2.24) is 20.4 Å². The molecule has 2 atom stereocenters. The summed E-state index contributed by atoms with van der Waals surface area (Å²) in [7, 11) is 1.92. The lowest BCUT2D eigenvalue weighted by Gasteiger charge is -2.23. The number of rotatable bonds is 5. The summed E-state index contributed by atoms with van der Waals surface area (Å²) in [4.78, 5) is 11.7. The van der Waals surface area contributed by atoms with Gasteiger partial charge in [-0.2, -0.15) is 5.10 Å². The summed E-state index contributed by atoms with van der Waals surface area (Å²) >= 11 is 0. The standard InChI is InChI=1S/C16H28N4O2/c1-16(2,3)22-15(21)18-10-12-6-5-7-14(12)17-11-13-8-9-20(4)19-13/h8-9,12,14,17H,5-7,10-11H2,1-4H3,(H,18,21).